The van der Waals surface area contributed by atoms with Gasteiger partial charge in [-0.15, -0.1) is 0 Å². The summed E-state index contributed by atoms with van der Waals surface area (Å²) in [4.78, 5) is 4.58. The Morgan fingerprint density at radius 1 is 1.10 bits per heavy atom. The number of aromatic nitrogens is 2. The van der Waals surface area contributed by atoms with Crippen molar-refractivity contribution in [1.82, 2.24) is 4.57 Å². The Bertz CT molecular complexity index is 1150. The number of halogens is 1. The van der Waals surface area contributed by atoms with E-state index in [1.54, 1.807) is 12.3 Å². The van der Waals surface area contributed by atoms with Gasteiger partial charge in [0.25, 0.3) is 0 Å². The number of aryl methyl sites for hydroxylation is 2. The highest BCUT2D eigenvalue weighted by atomic mass is 79.9. The molecule has 5 nitrogen and oxygen atoms in total. The number of nitrogens with zero attached hydrogens (tertiary/aromatic N) is 3. The van der Waals surface area contributed by atoms with Gasteiger partial charge in [-0.05, 0) is 23.6 Å². The summed E-state index contributed by atoms with van der Waals surface area (Å²) in [6, 6.07) is 19.5. The molecule has 0 amide bonds. The Labute approximate surface area is 186 Å². The van der Waals surface area contributed by atoms with E-state index in [0.717, 1.165) is 29.4 Å². The van der Waals surface area contributed by atoms with E-state index in [2.05, 4.69) is 21.7 Å². The van der Waals surface area contributed by atoms with Crippen LogP contribution in [0.4, 0.5) is 5.69 Å². The van der Waals surface area contributed by atoms with Gasteiger partial charge in [-0.2, -0.15) is 0 Å². The van der Waals surface area contributed by atoms with Crippen molar-refractivity contribution in [2.45, 2.75) is 13.0 Å². The van der Waals surface area contributed by atoms with E-state index >= 15 is 0 Å². The van der Waals surface area contributed by atoms with Gasteiger partial charge in [0, 0.05) is 29.7 Å². The largest absolute Gasteiger partial charge is 1.00 e. The second kappa shape index (κ2) is 10.1. The van der Waals surface area contributed by atoms with Crippen LogP contribution < -0.4 is 26.3 Å². The van der Waals surface area contributed by atoms with Crippen LogP contribution in [-0.2, 0) is 13.6 Å². The Morgan fingerprint density at radius 3 is 2.73 bits per heavy atom. The molecule has 0 bridgehead atoms. The first kappa shape index (κ1) is 21.6. The minimum Gasteiger partial charge on any atom is -1.00 e. The number of hydrogen-bond acceptors (Lipinski definition) is 3. The summed E-state index contributed by atoms with van der Waals surface area (Å²) in [6.07, 6.45) is 8.66. The third-order valence-corrected chi connectivity index (χ3v) is 4.76. The Morgan fingerprint density at radius 2 is 1.93 bits per heavy atom. The van der Waals surface area contributed by atoms with Crippen molar-refractivity contribution in [1.29, 1.82) is 0 Å². The summed E-state index contributed by atoms with van der Waals surface area (Å²) in [5.41, 5.74) is 1.53. The quantitative estimate of drug-likeness (QED) is 0.254. The molecule has 1 aromatic heterocycles. The highest BCUT2D eigenvalue weighted by Crippen LogP contribution is 2.27. The maximum absolute atomic E-state index is 10.3. The zero-order chi connectivity index (χ0) is 20.1. The van der Waals surface area contributed by atoms with E-state index in [4.69, 9.17) is 4.74 Å². The summed E-state index contributed by atoms with van der Waals surface area (Å²) in [7, 11) is 2.00. The SMILES string of the molecule is C[n+]1ccn(CCCOc2ccc(C=Nc3cccc4ccccc34)c(O)c2)c1.[Br-]. The summed E-state index contributed by atoms with van der Waals surface area (Å²) in [6.45, 7) is 1.48. The van der Waals surface area contributed by atoms with Crippen LogP contribution in [0.3, 0.4) is 0 Å². The molecule has 0 aliphatic carbocycles. The van der Waals surface area contributed by atoms with Gasteiger partial charge in [0.1, 0.15) is 23.9 Å². The lowest BCUT2D eigenvalue weighted by Crippen LogP contribution is -3.00. The number of imidazole rings is 1. The molecule has 0 saturated heterocycles. The molecule has 6 heteroatoms. The maximum Gasteiger partial charge on any atom is 0.243 e. The zero-order valence-electron chi connectivity index (χ0n) is 16.8. The molecule has 1 N–H and O–H groups in total. The van der Waals surface area contributed by atoms with E-state index < -0.39 is 0 Å². The molecule has 154 valence electrons. The van der Waals surface area contributed by atoms with Crippen LogP contribution in [0.1, 0.15) is 12.0 Å². The van der Waals surface area contributed by atoms with Crippen molar-refractivity contribution < 1.29 is 31.4 Å². The molecule has 4 aromatic rings. The number of rotatable bonds is 7. The van der Waals surface area contributed by atoms with Crippen LogP contribution in [0.25, 0.3) is 10.8 Å². The zero-order valence-corrected chi connectivity index (χ0v) is 18.4. The minimum atomic E-state index is 0. The summed E-state index contributed by atoms with van der Waals surface area (Å²) < 4.78 is 9.90. The van der Waals surface area contributed by atoms with Crippen molar-refractivity contribution in [3.05, 3.63) is 84.9 Å². The van der Waals surface area contributed by atoms with Gasteiger partial charge >= 0.3 is 0 Å². The van der Waals surface area contributed by atoms with Crippen LogP contribution >= 0.6 is 0 Å². The molecular weight excluding hydrogens is 442 g/mol. The third kappa shape index (κ3) is 5.27. The number of phenols is 1. The second-order valence-corrected chi connectivity index (χ2v) is 7.00. The number of aliphatic imine (C=N–C) groups is 1. The van der Waals surface area contributed by atoms with Gasteiger partial charge in [0.05, 0.1) is 25.9 Å². The molecule has 0 unspecified atom stereocenters. The minimum absolute atomic E-state index is 0. The van der Waals surface area contributed by atoms with Crippen LogP contribution in [0.2, 0.25) is 0 Å². The number of ether oxygens (including phenoxy) is 1. The van der Waals surface area contributed by atoms with Gasteiger partial charge < -0.3 is 26.8 Å². The molecule has 0 radical (unpaired) electrons. The number of phenolic OH excluding ortho intramolecular Hbond substituents is 1. The molecule has 1 heterocycles. The summed E-state index contributed by atoms with van der Waals surface area (Å²) in [5, 5.41) is 12.6. The molecule has 0 fully saturated rings. The normalized spacial score (nSPS) is 11.0. The lowest BCUT2D eigenvalue weighted by atomic mass is 10.1. The maximum atomic E-state index is 10.3. The predicted molar refractivity (Wildman–Crippen MR) is 115 cm³/mol. The molecular formula is C24H24BrN3O2. The first-order valence-corrected chi connectivity index (χ1v) is 9.68. The van der Waals surface area contributed by atoms with Crippen LogP contribution in [0.15, 0.2) is 84.4 Å². The van der Waals surface area contributed by atoms with Gasteiger partial charge in [0.15, 0.2) is 0 Å². The molecule has 4 rings (SSSR count). The van der Waals surface area contributed by atoms with Gasteiger partial charge in [-0.1, -0.05) is 36.4 Å². The van der Waals surface area contributed by atoms with E-state index in [9.17, 15) is 5.11 Å². The van der Waals surface area contributed by atoms with Crippen molar-refractivity contribution >= 4 is 22.7 Å². The average Bonchev–Trinajstić information content (AvgIpc) is 3.15. The van der Waals surface area contributed by atoms with E-state index in [1.165, 1.54) is 0 Å². The first-order chi connectivity index (χ1) is 14.2. The average molecular weight is 466 g/mol. The molecule has 30 heavy (non-hydrogen) atoms. The second-order valence-electron chi connectivity index (χ2n) is 7.00. The number of aromatic hydroxyl groups is 1. The van der Waals surface area contributed by atoms with Gasteiger partial charge in [0.2, 0.25) is 6.33 Å². The first-order valence-electron chi connectivity index (χ1n) is 9.68. The monoisotopic (exact) mass is 465 g/mol. The lowest BCUT2D eigenvalue weighted by Gasteiger charge is -2.07. The molecule has 0 saturated carbocycles. The summed E-state index contributed by atoms with van der Waals surface area (Å²) >= 11 is 0. The molecule has 0 aliphatic heterocycles. The highest BCUT2D eigenvalue weighted by molar-refractivity contribution is 5.95. The smallest absolute Gasteiger partial charge is 0.243 e. The fourth-order valence-electron chi connectivity index (χ4n) is 3.25. The van der Waals surface area contributed by atoms with Crippen molar-refractivity contribution in [3.63, 3.8) is 0 Å². The van der Waals surface area contributed by atoms with Gasteiger partial charge in [-0.25, -0.2) is 9.13 Å². The van der Waals surface area contributed by atoms with Gasteiger partial charge in [-0.3, -0.25) is 4.99 Å². The van der Waals surface area contributed by atoms with E-state index in [0.29, 0.717) is 17.9 Å². The topological polar surface area (TPSA) is 50.6 Å². The van der Waals surface area contributed by atoms with E-state index in [-0.39, 0.29) is 22.7 Å². The van der Waals surface area contributed by atoms with Crippen LogP contribution in [0.5, 0.6) is 11.5 Å². The highest BCUT2D eigenvalue weighted by Gasteiger charge is 2.04. The molecule has 0 aliphatic rings. The van der Waals surface area contributed by atoms with E-state index in [1.807, 2.05) is 72.8 Å². The standard InChI is InChI=1S/C24H23N3O2.BrH/c1-26-13-14-27(18-26)12-5-15-29-21-11-10-20(24(28)16-21)17-25-23-9-4-7-19-6-2-3-8-22(19)23;/h2-4,6-11,13-14,16-18H,5,12,15H2,1H3;1H. The number of hydrogen-bond donors (Lipinski definition) is 1. The predicted octanol–water partition coefficient (Wildman–Crippen LogP) is 1.40. The fourth-order valence-corrected chi connectivity index (χ4v) is 3.25. The van der Waals surface area contributed by atoms with Crippen molar-refractivity contribution in [2.75, 3.05) is 6.61 Å². The molecule has 3 aromatic carbocycles. The van der Waals surface area contributed by atoms with Crippen molar-refractivity contribution in [3.8, 4) is 11.5 Å². The Hall–Kier alpha value is -3.12. The number of fused-ring (bicyclic) bond motifs is 1. The van der Waals surface area contributed by atoms with Crippen molar-refractivity contribution in [2.24, 2.45) is 12.0 Å². The van der Waals surface area contributed by atoms with Crippen LogP contribution in [-0.4, -0.2) is 22.5 Å². The molecule has 0 atom stereocenters. The lowest BCUT2D eigenvalue weighted by molar-refractivity contribution is -0.671. The number of benzene rings is 3. The summed E-state index contributed by atoms with van der Waals surface area (Å²) in [5.74, 6) is 0.812. The molecule has 0 spiro atoms. The Kier molecular flexibility index (Phi) is 7.25. The third-order valence-electron chi connectivity index (χ3n) is 4.76. The fraction of sp³-hybridized carbons (Fsp3) is 0.167. The Balaban J connectivity index is 0.00000256. The van der Waals surface area contributed by atoms with Crippen LogP contribution in [0, 0.1) is 0 Å².